The summed E-state index contributed by atoms with van der Waals surface area (Å²) < 4.78 is 5.05. The van der Waals surface area contributed by atoms with Gasteiger partial charge in [0.1, 0.15) is 12.7 Å². The predicted octanol–water partition coefficient (Wildman–Crippen LogP) is 0.957. The number of carbonyl (C=O) groups is 1. The van der Waals surface area contributed by atoms with E-state index < -0.39 is 17.7 Å². The molecule has 0 radical (unpaired) electrons. The normalized spacial score (nSPS) is 30.5. The minimum absolute atomic E-state index is 0.185. The Kier molecular flexibility index (Phi) is 5.18. The van der Waals surface area contributed by atoms with Crippen molar-refractivity contribution in [3.63, 3.8) is 0 Å². The molecule has 0 aliphatic carbocycles. The summed E-state index contributed by atoms with van der Waals surface area (Å²) in [5.74, 6) is -0.837. The molecule has 2 aliphatic heterocycles. The van der Waals surface area contributed by atoms with Crippen LogP contribution in [0.5, 0.6) is 0 Å². The number of benzene rings is 1. The van der Waals surface area contributed by atoms with Crippen LogP contribution in [0.15, 0.2) is 24.3 Å². The first kappa shape index (κ1) is 16.9. The lowest BCUT2D eigenvalue weighted by molar-refractivity contribution is -0.210. The van der Waals surface area contributed by atoms with Crippen LogP contribution in [0.4, 0.5) is 0 Å². The highest BCUT2D eigenvalue weighted by Gasteiger charge is 2.63. The fraction of sp³-hybridized carbons (Fsp3) is 0.562. The molecule has 0 bridgehead atoms. The Labute approximate surface area is 130 Å². The number of esters is 1. The number of fused-ring (bicyclic) bond motifs is 1. The zero-order chi connectivity index (χ0) is 16.3. The van der Waals surface area contributed by atoms with Crippen molar-refractivity contribution in [3.8, 4) is 0 Å². The third-order valence-corrected chi connectivity index (χ3v) is 4.04. The van der Waals surface area contributed by atoms with Crippen LogP contribution in [0.25, 0.3) is 0 Å². The molecule has 0 aromatic heterocycles. The standard InChI is InChI=1S/C14H18N2O4.C2H6/c1-9-2-4-10(5-3-9)6-16-14(15)11(8-19-13(14)18)12(7-17)20-16;1-2/h2-5,11-12,17H,6-8,15H2,1H3;1-2H3/t11-,12?,14+;/m1./s1. The van der Waals surface area contributed by atoms with Crippen LogP contribution in [-0.4, -0.2) is 41.1 Å². The fourth-order valence-corrected chi connectivity index (χ4v) is 2.75. The molecule has 1 aromatic carbocycles. The quantitative estimate of drug-likeness (QED) is 0.809. The molecule has 2 aliphatic rings. The van der Waals surface area contributed by atoms with E-state index in [1.165, 1.54) is 5.06 Å². The van der Waals surface area contributed by atoms with Crippen LogP contribution in [0, 0.1) is 12.8 Å². The van der Waals surface area contributed by atoms with E-state index in [9.17, 15) is 9.90 Å². The first-order valence-electron chi connectivity index (χ1n) is 7.62. The van der Waals surface area contributed by atoms with E-state index in [-0.39, 0.29) is 19.1 Å². The van der Waals surface area contributed by atoms with Crippen LogP contribution in [-0.2, 0) is 20.9 Å². The van der Waals surface area contributed by atoms with Gasteiger partial charge in [-0.25, -0.2) is 4.79 Å². The van der Waals surface area contributed by atoms with Gasteiger partial charge in [-0.05, 0) is 12.5 Å². The van der Waals surface area contributed by atoms with Gasteiger partial charge in [0.2, 0.25) is 5.66 Å². The Hall–Kier alpha value is -1.47. The van der Waals surface area contributed by atoms with Crippen LogP contribution >= 0.6 is 0 Å². The molecule has 3 N–H and O–H groups in total. The number of hydroxylamine groups is 2. The van der Waals surface area contributed by atoms with Crippen molar-refractivity contribution >= 4 is 5.97 Å². The van der Waals surface area contributed by atoms with Gasteiger partial charge in [-0.1, -0.05) is 43.7 Å². The average Bonchev–Trinajstić information content (AvgIpc) is 2.99. The summed E-state index contributed by atoms with van der Waals surface area (Å²) in [6.45, 7) is 6.38. The number of aliphatic hydroxyl groups is 1. The van der Waals surface area contributed by atoms with E-state index in [4.69, 9.17) is 15.3 Å². The molecule has 1 unspecified atom stereocenters. The Morgan fingerprint density at radius 1 is 1.36 bits per heavy atom. The molecule has 3 atom stereocenters. The highest BCUT2D eigenvalue weighted by molar-refractivity contribution is 5.82. The van der Waals surface area contributed by atoms with E-state index in [1.807, 2.05) is 45.0 Å². The summed E-state index contributed by atoms with van der Waals surface area (Å²) >= 11 is 0. The highest BCUT2D eigenvalue weighted by atomic mass is 16.7. The molecular weight excluding hydrogens is 284 g/mol. The van der Waals surface area contributed by atoms with Crippen molar-refractivity contribution in [1.82, 2.24) is 5.06 Å². The minimum Gasteiger partial charge on any atom is -0.463 e. The number of cyclic esters (lactones) is 1. The number of carbonyl (C=O) groups excluding carboxylic acids is 1. The molecule has 1 aromatic rings. The highest BCUT2D eigenvalue weighted by Crippen LogP contribution is 2.39. The maximum absolute atomic E-state index is 11.9. The zero-order valence-corrected chi connectivity index (χ0v) is 13.3. The fourth-order valence-electron chi connectivity index (χ4n) is 2.75. The van der Waals surface area contributed by atoms with Crippen LogP contribution in [0.3, 0.4) is 0 Å². The molecule has 122 valence electrons. The second-order valence-electron chi connectivity index (χ2n) is 5.38. The van der Waals surface area contributed by atoms with Gasteiger partial charge in [-0.15, -0.1) is 0 Å². The molecule has 2 saturated heterocycles. The SMILES string of the molecule is CC.Cc1ccc(CN2OC(CO)[C@H]3COC(=O)[C@]32N)cc1. The second kappa shape index (κ2) is 6.75. The summed E-state index contributed by atoms with van der Waals surface area (Å²) in [5, 5.41) is 10.8. The molecule has 0 amide bonds. The zero-order valence-electron chi connectivity index (χ0n) is 13.3. The lowest BCUT2D eigenvalue weighted by atomic mass is 9.92. The smallest absolute Gasteiger partial charge is 0.344 e. The van der Waals surface area contributed by atoms with Gasteiger partial charge in [-0.2, -0.15) is 5.06 Å². The third kappa shape index (κ3) is 2.75. The maximum atomic E-state index is 11.9. The van der Waals surface area contributed by atoms with Crippen molar-refractivity contribution in [2.24, 2.45) is 11.7 Å². The monoisotopic (exact) mass is 308 g/mol. The van der Waals surface area contributed by atoms with Crippen molar-refractivity contribution in [2.75, 3.05) is 13.2 Å². The number of nitrogens with zero attached hydrogens (tertiary/aromatic N) is 1. The lowest BCUT2D eigenvalue weighted by Gasteiger charge is -2.28. The van der Waals surface area contributed by atoms with Gasteiger partial charge >= 0.3 is 5.97 Å². The number of hydrogen-bond acceptors (Lipinski definition) is 6. The van der Waals surface area contributed by atoms with Crippen LogP contribution in [0.2, 0.25) is 0 Å². The van der Waals surface area contributed by atoms with Gasteiger partial charge in [0.15, 0.2) is 0 Å². The van der Waals surface area contributed by atoms with Crippen molar-refractivity contribution in [3.05, 3.63) is 35.4 Å². The molecular formula is C16H24N2O4. The summed E-state index contributed by atoms with van der Waals surface area (Å²) in [6, 6.07) is 7.90. The first-order valence-corrected chi connectivity index (χ1v) is 7.62. The Morgan fingerprint density at radius 3 is 2.59 bits per heavy atom. The largest absolute Gasteiger partial charge is 0.463 e. The first-order chi connectivity index (χ1) is 10.6. The van der Waals surface area contributed by atoms with E-state index in [0.717, 1.165) is 11.1 Å². The topological polar surface area (TPSA) is 85.0 Å². The van der Waals surface area contributed by atoms with E-state index in [1.54, 1.807) is 0 Å². The lowest BCUT2D eigenvalue weighted by Crippen LogP contribution is -2.58. The Morgan fingerprint density at radius 2 is 2.00 bits per heavy atom. The summed E-state index contributed by atoms with van der Waals surface area (Å²) in [4.78, 5) is 17.6. The molecule has 2 fully saturated rings. The molecule has 2 heterocycles. The maximum Gasteiger partial charge on any atom is 0.344 e. The van der Waals surface area contributed by atoms with Gasteiger partial charge in [0.25, 0.3) is 0 Å². The van der Waals surface area contributed by atoms with E-state index in [2.05, 4.69) is 0 Å². The molecule has 22 heavy (non-hydrogen) atoms. The Bertz CT molecular complexity index is 519. The molecule has 6 heteroatoms. The summed E-state index contributed by atoms with van der Waals surface area (Å²) in [6.07, 6.45) is -0.503. The molecule has 6 nitrogen and oxygen atoms in total. The average molecular weight is 308 g/mol. The van der Waals surface area contributed by atoms with Gasteiger partial charge in [0.05, 0.1) is 19.1 Å². The summed E-state index contributed by atoms with van der Waals surface area (Å²) in [5.41, 5.74) is 7.04. The molecule has 3 rings (SSSR count). The van der Waals surface area contributed by atoms with Gasteiger partial charge in [0, 0.05) is 0 Å². The van der Waals surface area contributed by atoms with Crippen molar-refractivity contribution in [1.29, 1.82) is 0 Å². The molecule has 0 saturated carbocycles. The van der Waals surface area contributed by atoms with E-state index >= 15 is 0 Å². The summed E-state index contributed by atoms with van der Waals surface area (Å²) in [7, 11) is 0. The number of nitrogens with two attached hydrogens (primary N) is 1. The second-order valence-corrected chi connectivity index (χ2v) is 5.38. The van der Waals surface area contributed by atoms with E-state index in [0.29, 0.717) is 6.54 Å². The minimum atomic E-state index is -1.31. The number of rotatable bonds is 3. The number of hydrogen-bond donors (Lipinski definition) is 2. The predicted molar refractivity (Wildman–Crippen MR) is 81.4 cm³/mol. The Balaban J connectivity index is 0.000000847. The number of ether oxygens (including phenoxy) is 1. The van der Waals surface area contributed by atoms with Gasteiger partial charge in [-0.3, -0.25) is 4.84 Å². The van der Waals surface area contributed by atoms with Crippen molar-refractivity contribution < 1.29 is 19.5 Å². The third-order valence-electron chi connectivity index (χ3n) is 4.04. The van der Waals surface area contributed by atoms with Crippen LogP contribution < -0.4 is 5.73 Å². The number of aryl methyl sites for hydroxylation is 1. The van der Waals surface area contributed by atoms with Crippen molar-refractivity contribution in [2.45, 2.75) is 39.1 Å². The van der Waals surface area contributed by atoms with Crippen LogP contribution in [0.1, 0.15) is 25.0 Å². The number of aliphatic hydroxyl groups excluding tert-OH is 1. The van der Waals surface area contributed by atoms with Gasteiger partial charge < -0.3 is 15.6 Å². The molecule has 0 spiro atoms.